The van der Waals surface area contributed by atoms with Crippen LogP contribution >= 0.6 is 0 Å². The van der Waals surface area contributed by atoms with Crippen LogP contribution in [0.3, 0.4) is 0 Å². The second-order valence-electron chi connectivity index (χ2n) is 6.33. The van der Waals surface area contributed by atoms with Crippen molar-refractivity contribution >= 4 is 11.7 Å². The van der Waals surface area contributed by atoms with Crippen molar-refractivity contribution in [3.8, 4) is 0 Å². The van der Waals surface area contributed by atoms with E-state index in [-0.39, 0.29) is 12.0 Å². The summed E-state index contributed by atoms with van der Waals surface area (Å²) in [6.07, 6.45) is 6.58. The van der Waals surface area contributed by atoms with E-state index < -0.39 is 0 Å². The summed E-state index contributed by atoms with van der Waals surface area (Å²) in [5.41, 5.74) is 1.59. The van der Waals surface area contributed by atoms with Crippen LogP contribution in [-0.2, 0) is 6.42 Å². The van der Waals surface area contributed by atoms with Crippen LogP contribution in [0.25, 0.3) is 0 Å². The van der Waals surface area contributed by atoms with Gasteiger partial charge in [-0.15, -0.1) is 0 Å². The number of carbonyl (C=O) groups is 1. The first kappa shape index (κ1) is 17.4. The zero-order valence-electron chi connectivity index (χ0n) is 14.3. The maximum atomic E-state index is 12.2. The van der Waals surface area contributed by atoms with Crippen molar-refractivity contribution in [3.05, 3.63) is 54.0 Å². The van der Waals surface area contributed by atoms with Crippen molar-refractivity contribution in [2.75, 3.05) is 24.5 Å². The molecule has 3 heterocycles. The number of nitrogens with one attached hydrogen (secondary N) is 1. The quantitative estimate of drug-likeness (QED) is 0.784. The molecule has 1 aliphatic heterocycles. The summed E-state index contributed by atoms with van der Waals surface area (Å²) in [6.45, 7) is 2.10. The first-order valence-corrected chi connectivity index (χ1v) is 8.79. The number of carbonyl (C=O) groups excluding carboxylic acids is 1. The van der Waals surface area contributed by atoms with Crippen LogP contribution < -0.4 is 10.2 Å². The Kier molecular flexibility index (Phi) is 5.95. The molecule has 0 saturated carbocycles. The number of aromatic nitrogens is 2. The topological polar surface area (TPSA) is 78.4 Å². The lowest BCUT2D eigenvalue weighted by atomic mass is 10.1. The van der Waals surface area contributed by atoms with E-state index in [1.165, 1.54) is 0 Å². The van der Waals surface area contributed by atoms with Crippen LogP contribution in [-0.4, -0.2) is 46.7 Å². The Balaban J connectivity index is 1.46. The predicted octanol–water partition coefficient (Wildman–Crippen LogP) is 1.80. The van der Waals surface area contributed by atoms with Gasteiger partial charge < -0.3 is 15.3 Å². The van der Waals surface area contributed by atoms with Crippen molar-refractivity contribution in [1.29, 1.82) is 0 Å². The summed E-state index contributed by atoms with van der Waals surface area (Å²) >= 11 is 0. The zero-order valence-corrected chi connectivity index (χ0v) is 14.3. The number of piperidine rings is 1. The van der Waals surface area contributed by atoms with Crippen molar-refractivity contribution in [3.63, 3.8) is 0 Å². The molecular formula is C19H24N4O2. The highest BCUT2D eigenvalue weighted by Gasteiger charge is 2.19. The van der Waals surface area contributed by atoms with Crippen molar-refractivity contribution in [2.24, 2.45) is 0 Å². The maximum Gasteiger partial charge on any atom is 0.252 e. The third-order valence-electron chi connectivity index (χ3n) is 4.35. The molecule has 132 valence electrons. The summed E-state index contributed by atoms with van der Waals surface area (Å²) in [4.78, 5) is 22.9. The molecule has 2 N–H and O–H groups in total. The number of aryl methyl sites for hydroxylation is 1. The van der Waals surface area contributed by atoms with Crippen molar-refractivity contribution in [1.82, 2.24) is 15.3 Å². The Bertz CT molecular complexity index is 676. The van der Waals surface area contributed by atoms with Crippen LogP contribution in [0, 0.1) is 0 Å². The Morgan fingerprint density at radius 2 is 2.20 bits per heavy atom. The highest BCUT2D eigenvalue weighted by Crippen LogP contribution is 2.17. The number of rotatable bonds is 6. The van der Waals surface area contributed by atoms with Gasteiger partial charge >= 0.3 is 0 Å². The van der Waals surface area contributed by atoms with E-state index in [4.69, 9.17) is 0 Å². The number of β-amino-alcohol motifs (C(OH)–C–C–N with tert-alkyl or cyclic N) is 1. The highest BCUT2D eigenvalue weighted by molar-refractivity contribution is 5.94. The SMILES string of the molecule is O=C(NCCCc1ccccn1)c1ccc(N2CCC[C@@H](O)C2)nc1. The number of hydrogen-bond donors (Lipinski definition) is 2. The van der Waals surface area contributed by atoms with Gasteiger partial charge in [0.25, 0.3) is 5.91 Å². The van der Waals surface area contributed by atoms with Crippen LogP contribution in [0.2, 0.25) is 0 Å². The maximum absolute atomic E-state index is 12.2. The van der Waals surface area contributed by atoms with Gasteiger partial charge in [-0.25, -0.2) is 4.98 Å². The van der Waals surface area contributed by atoms with E-state index in [0.717, 1.165) is 43.7 Å². The fourth-order valence-electron chi connectivity index (χ4n) is 2.99. The number of aliphatic hydroxyl groups excluding tert-OH is 1. The number of hydrogen-bond acceptors (Lipinski definition) is 5. The molecule has 2 aromatic heterocycles. The second-order valence-corrected chi connectivity index (χ2v) is 6.33. The van der Waals surface area contributed by atoms with Gasteiger partial charge in [-0.3, -0.25) is 9.78 Å². The van der Waals surface area contributed by atoms with Crippen LogP contribution in [0.1, 0.15) is 35.3 Å². The molecule has 0 bridgehead atoms. The monoisotopic (exact) mass is 340 g/mol. The van der Waals surface area contributed by atoms with Gasteiger partial charge in [0.1, 0.15) is 5.82 Å². The molecule has 1 aliphatic rings. The van der Waals surface area contributed by atoms with Crippen molar-refractivity contribution < 1.29 is 9.90 Å². The van der Waals surface area contributed by atoms with Crippen molar-refractivity contribution in [2.45, 2.75) is 31.8 Å². The Labute approximate surface area is 147 Å². The standard InChI is InChI=1S/C19H24N4O2/c24-17-7-4-12-23(14-17)18-9-8-15(13-22-18)19(25)21-11-3-6-16-5-1-2-10-20-16/h1-2,5,8-10,13,17,24H,3-4,6-7,11-12,14H2,(H,21,25)/t17-/m1/s1. The molecular weight excluding hydrogens is 316 g/mol. The second kappa shape index (κ2) is 8.58. The average Bonchev–Trinajstić information content (AvgIpc) is 2.66. The number of anilines is 1. The number of nitrogens with zero attached hydrogens (tertiary/aromatic N) is 3. The van der Waals surface area contributed by atoms with Crippen LogP contribution in [0.15, 0.2) is 42.7 Å². The molecule has 6 heteroatoms. The van der Waals surface area contributed by atoms with Gasteiger partial charge in [-0.1, -0.05) is 6.07 Å². The number of amides is 1. The fraction of sp³-hybridized carbons (Fsp3) is 0.421. The number of pyridine rings is 2. The summed E-state index contributed by atoms with van der Waals surface area (Å²) in [5.74, 6) is 0.698. The van der Waals surface area contributed by atoms with E-state index >= 15 is 0 Å². The molecule has 1 amide bonds. The summed E-state index contributed by atoms with van der Waals surface area (Å²) < 4.78 is 0. The molecule has 0 spiro atoms. The minimum atomic E-state index is -0.294. The molecule has 2 aromatic rings. The van der Waals surface area contributed by atoms with Crippen LogP contribution in [0.4, 0.5) is 5.82 Å². The fourth-order valence-corrected chi connectivity index (χ4v) is 2.99. The van der Waals surface area contributed by atoms with E-state index in [0.29, 0.717) is 18.7 Å². The lowest BCUT2D eigenvalue weighted by molar-refractivity contribution is 0.0952. The molecule has 0 radical (unpaired) electrons. The lowest BCUT2D eigenvalue weighted by Crippen LogP contribution is -2.38. The molecule has 1 atom stereocenters. The minimum Gasteiger partial charge on any atom is -0.391 e. The lowest BCUT2D eigenvalue weighted by Gasteiger charge is -2.30. The molecule has 1 saturated heterocycles. The molecule has 0 aromatic carbocycles. The summed E-state index contributed by atoms with van der Waals surface area (Å²) in [6, 6.07) is 9.49. The molecule has 25 heavy (non-hydrogen) atoms. The van der Waals surface area contributed by atoms with Crippen LogP contribution in [0.5, 0.6) is 0 Å². The number of aliphatic hydroxyl groups is 1. The first-order chi connectivity index (χ1) is 12.2. The van der Waals surface area contributed by atoms with E-state index in [2.05, 4.69) is 20.2 Å². The minimum absolute atomic E-state index is 0.112. The third-order valence-corrected chi connectivity index (χ3v) is 4.35. The third kappa shape index (κ3) is 5.00. The van der Waals surface area contributed by atoms with Gasteiger partial charge in [0.2, 0.25) is 0 Å². The summed E-state index contributed by atoms with van der Waals surface area (Å²) in [5, 5.41) is 12.7. The zero-order chi connectivity index (χ0) is 17.5. The Morgan fingerprint density at radius 3 is 2.92 bits per heavy atom. The van der Waals surface area contributed by atoms with Gasteiger partial charge in [0.15, 0.2) is 0 Å². The van der Waals surface area contributed by atoms with Gasteiger partial charge in [0.05, 0.1) is 11.7 Å². The van der Waals surface area contributed by atoms with E-state index in [1.54, 1.807) is 18.5 Å². The van der Waals surface area contributed by atoms with Gasteiger partial charge in [-0.05, 0) is 49.9 Å². The summed E-state index contributed by atoms with van der Waals surface area (Å²) in [7, 11) is 0. The Hall–Kier alpha value is -2.47. The Morgan fingerprint density at radius 1 is 1.28 bits per heavy atom. The van der Waals surface area contributed by atoms with E-state index in [9.17, 15) is 9.90 Å². The highest BCUT2D eigenvalue weighted by atomic mass is 16.3. The smallest absolute Gasteiger partial charge is 0.252 e. The average molecular weight is 340 g/mol. The molecule has 0 aliphatic carbocycles. The largest absolute Gasteiger partial charge is 0.391 e. The molecule has 6 nitrogen and oxygen atoms in total. The normalized spacial score (nSPS) is 17.3. The van der Waals surface area contributed by atoms with Gasteiger partial charge in [0, 0.05) is 37.7 Å². The van der Waals surface area contributed by atoms with Gasteiger partial charge in [-0.2, -0.15) is 0 Å². The first-order valence-electron chi connectivity index (χ1n) is 8.79. The van der Waals surface area contributed by atoms with E-state index in [1.807, 2.05) is 24.3 Å². The molecule has 3 rings (SSSR count). The molecule has 0 unspecified atom stereocenters. The molecule has 1 fully saturated rings. The predicted molar refractivity (Wildman–Crippen MR) is 96.6 cm³/mol.